The van der Waals surface area contributed by atoms with Crippen LogP contribution in [0.2, 0.25) is 5.02 Å². The number of ether oxygens (including phenoxy) is 1. The van der Waals surface area contributed by atoms with Gasteiger partial charge < -0.3 is 4.74 Å². The SMILES string of the molecule is NNC(COCC(F)(F)F)c1ccc(Cl)cc1. The van der Waals surface area contributed by atoms with Crippen LogP contribution in [0.3, 0.4) is 0 Å². The van der Waals surface area contributed by atoms with E-state index in [-0.39, 0.29) is 6.61 Å². The molecule has 1 aromatic carbocycles. The summed E-state index contributed by atoms with van der Waals surface area (Å²) in [7, 11) is 0. The maximum absolute atomic E-state index is 11.9. The van der Waals surface area contributed by atoms with Crippen LogP contribution in [-0.2, 0) is 4.74 Å². The third kappa shape index (κ3) is 5.36. The maximum atomic E-state index is 11.9. The summed E-state index contributed by atoms with van der Waals surface area (Å²) in [6.45, 7) is -1.46. The normalized spacial score (nSPS) is 13.7. The highest BCUT2D eigenvalue weighted by Gasteiger charge is 2.28. The van der Waals surface area contributed by atoms with E-state index in [2.05, 4.69) is 10.2 Å². The van der Waals surface area contributed by atoms with Gasteiger partial charge in [-0.1, -0.05) is 23.7 Å². The summed E-state index contributed by atoms with van der Waals surface area (Å²) in [5.74, 6) is 5.25. The molecular weight excluding hydrogens is 257 g/mol. The highest BCUT2D eigenvalue weighted by Crippen LogP contribution is 2.18. The first kappa shape index (κ1) is 14.2. The number of rotatable bonds is 5. The second-order valence-corrected chi connectivity index (χ2v) is 3.84. The molecule has 3 nitrogen and oxygen atoms in total. The Morgan fingerprint density at radius 1 is 1.29 bits per heavy atom. The number of hydrogen-bond acceptors (Lipinski definition) is 3. The van der Waals surface area contributed by atoms with E-state index in [1.807, 2.05) is 0 Å². The summed E-state index contributed by atoms with van der Waals surface area (Å²) in [4.78, 5) is 0. The summed E-state index contributed by atoms with van der Waals surface area (Å²) in [6.07, 6.45) is -4.33. The molecule has 0 aliphatic heterocycles. The monoisotopic (exact) mass is 268 g/mol. The molecule has 0 amide bonds. The molecule has 0 saturated heterocycles. The minimum absolute atomic E-state index is 0.169. The Morgan fingerprint density at radius 3 is 2.35 bits per heavy atom. The van der Waals surface area contributed by atoms with Crippen molar-refractivity contribution in [1.29, 1.82) is 0 Å². The average molecular weight is 269 g/mol. The number of nitrogens with one attached hydrogen (secondary N) is 1. The lowest BCUT2D eigenvalue weighted by atomic mass is 10.1. The lowest BCUT2D eigenvalue weighted by molar-refractivity contribution is -0.175. The average Bonchev–Trinajstić information content (AvgIpc) is 2.24. The number of hydrazine groups is 1. The summed E-state index contributed by atoms with van der Waals surface area (Å²) in [6, 6.07) is 6.10. The number of benzene rings is 1. The smallest absolute Gasteiger partial charge is 0.370 e. The zero-order valence-corrected chi connectivity index (χ0v) is 9.55. The topological polar surface area (TPSA) is 47.3 Å². The fourth-order valence-corrected chi connectivity index (χ4v) is 1.35. The standard InChI is InChI=1S/C10H12ClF3N2O/c11-8-3-1-7(2-4-8)9(16-15)5-17-6-10(12,13)14/h1-4,9,16H,5-6,15H2. The van der Waals surface area contributed by atoms with Crippen molar-refractivity contribution in [2.45, 2.75) is 12.2 Å². The predicted octanol–water partition coefficient (Wildman–Crippen LogP) is 2.42. The van der Waals surface area contributed by atoms with Crippen LogP contribution >= 0.6 is 11.6 Å². The van der Waals surface area contributed by atoms with Gasteiger partial charge in [-0.25, -0.2) is 0 Å². The van der Waals surface area contributed by atoms with Crippen molar-refractivity contribution in [1.82, 2.24) is 5.43 Å². The van der Waals surface area contributed by atoms with Crippen LogP contribution in [0.1, 0.15) is 11.6 Å². The summed E-state index contributed by atoms with van der Waals surface area (Å²) in [5.41, 5.74) is 3.10. The molecule has 7 heteroatoms. The van der Waals surface area contributed by atoms with E-state index in [0.717, 1.165) is 0 Å². The van der Waals surface area contributed by atoms with Crippen molar-refractivity contribution >= 4 is 11.6 Å². The molecule has 17 heavy (non-hydrogen) atoms. The van der Waals surface area contributed by atoms with Crippen LogP contribution in [0.15, 0.2) is 24.3 Å². The number of halogens is 4. The Bertz CT molecular complexity index is 342. The van der Waals surface area contributed by atoms with Crippen molar-refractivity contribution in [3.8, 4) is 0 Å². The van der Waals surface area contributed by atoms with Gasteiger partial charge in [0, 0.05) is 5.02 Å². The van der Waals surface area contributed by atoms with E-state index >= 15 is 0 Å². The number of hydrogen-bond donors (Lipinski definition) is 2. The molecule has 0 saturated carbocycles. The predicted molar refractivity (Wildman–Crippen MR) is 58.4 cm³/mol. The van der Waals surface area contributed by atoms with E-state index in [4.69, 9.17) is 17.4 Å². The van der Waals surface area contributed by atoms with Crippen molar-refractivity contribution < 1.29 is 17.9 Å². The van der Waals surface area contributed by atoms with Gasteiger partial charge in [0.25, 0.3) is 0 Å². The van der Waals surface area contributed by atoms with Crippen LogP contribution in [0.25, 0.3) is 0 Å². The third-order valence-corrected chi connectivity index (χ3v) is 2.28. The Kier molecular flexibility index (Phi) is 5.20. The first-order valence-electron chi connectivity index (χ1n) is 4.78. The molecule has 0 aliphatic rings. The molecule has 0 bridgehead atoms. The Hall–Kier alpha value is -0.820. The fourth-order valence-electron chi connectivity index (χ4n) is 1.23. The van der Waals surface area contributed by atoms with Crippen LogP contribution in [0.4, 0.5) is 13.2 Å². The molecule has 1 aromatic rings. The molecule has 0 fully saturated rings. The zero-order chi connectivity index (χ0) is 12.9. The molecule has 1 unspecified atom stereocenters. The quantitative estimate of drug-likeness (QED) is 0.637. The molecule has 0 radical (unpaired) electrons. The fraction of sp³-hybridized carbons (Fsp3) is 0.400. The molecule has 96 valence electrons. The number of alkyl halides is 3. The molecular formula is C10H12ClF3N2O. The first-order valence-corrected chi connectivity index (χ1v) is 5.16. The van der Waals surface area contributed by atoms with Gasteiger partial charge in [-0.15, -0.1) is 0 Å². The van der Waals surface area contributed by atoms with Crippen LogP contribution in [-0.4, -0.2) is 19.4 Å². The van der Waals surface area contributed by atoms with Crippen molar-refractivity contribution in [3.05, 3.63) is 34.9 Å². The Balaban J connectivity index is 2.51. The molecule has 0 spiro atoms. The lowest BCUT2D eigenvalue weighted by Gasteiger charge is -2.17. The molecule has 0 aromatic heterocycles. The zero-order valence-electron chi connectivity index (χ0n) is 8.80. The van der Waals surface area contributed by atoms with Gasteiger partial charge in [0.1, 0.15) is 6.61 Å². The van der Waals surface area contributed by atoms with Gasteiger partial charge in [-0.05, 0) is 17.7 Å². The van der Waals surface area contributed by atoms with Crippen molar-refractivity contribution in [2.75, 3.05) is 13.2 Å². The van der Waals surface area contributed by atoms with Gasteiger partial charge >= 0.3 is 6.18 Å². The molecule has 1 atom stereocenters. The van der Waals surface area contributed by atoms with Gasteiger partial charge in [-0.2, -0.15) is 13.2 Å². The highest BCUT2D eigenvalue weighted by atomic mass is 35.5. The minimum Gasteiger partial charge on any atom is -0.370 e. The van der Waals surface area contributed by atoms with Crippen LogP contribution in [0.5, 0.6) is 0 Å². The van der Waals surface area contributed by atoms with E-state index < -0.39 is 18.8 Å². The minimum atomic E-state index is -4.33. The van der Waals surface area contributed by atoms with Gasteiger partial charge in [0.05, 0.1) is 12.6 Å². The largest absolute Gasteiger partial charge is 0.411 e. The number of nitrogens with two attached hydrogens (primary N) is 1. The van der Waals surface area contributed by atoms with E-state index in [1.165, 1.54) is 0 Å². The van der Waals surface area contributed by atoms with Crippen molar-refractivity contribution in [2.24, 2.45) is 5.84 Å². The third-order valence-electron chi connectivity index (χ3n) is 2.02. The van der Waals surface area contributed by atoms with Gasteiger partial charge in [0.2, 0.25) is 0 Å². The second kappa shape index (κ2) is 6.20. The first-order chi connectivity index (χ1) is 7.92. The van der Waals surface area contributed by atoms with Crippen LogP contribution < -0.4 is 11.3 Å². The van der Waals surface area contributed by atoms with Crippen molar-refractivity contribution in [3.63, 3.8) is 0 Å². The second-order valence-electron chi connectivity index (χ2n) is 3.40. The van der Waals surface area contributed by atoms with Gasteiger partial charge in [-0.3, -0.25) is 11.3 Å². The Morgan fingerprint density at radius 2 is 1.88 bits per heavy atom. The molecule has 3 N–H and O–H groups in total. The Labute approximate surface area is 102 Å². The van der Waals surface area contributed by atoms with E-state index in [9.17, 15) is 13.2 Å². The molecule has 0 heterocycles. The molecule has 1 rings (SSSR count). The molecule has 0 aliphatic carbocycles. The summed E-state index contributed by atoms with van der Waals surface area (Å²) < 4.78 is 40.1. The summed E-state index contributed by atoms with van der Waals surface area (Å²) >= 11 is 5.69. The maximum Gasteiger partial charge on any atom is 0.411 e. The van der Waals surface area contributed by atoms with Crippen LogP contribution in [0, 0.1) is 0 Å². The highest BCUT2D eigenvalue weighted by molar-refractivity contribution is 6.30. The summed E-state index contributed by atoms with van der Waals surface area (Å²) in [5, 5.41) is 0.542. The van der Waals surface area contributed by atoms with E-state index in [0.29, 0.717) is 10.6 Å². The van der Waals surface area contributed by atoms with Gasteiger partial charge in [0.15, 0.2) is 0 Å². The lowest BCUT2D eigenvalue weighted by Crippen LogP contribution is -2.32. The van der Waals surface area contributed by atoms with E-state index in [1.54, 1.807) is 24.3 Å².